The second-order valence-corrected chi connectivity index (χ2v) is 8.34. The first-order valence-electron chi connectivity index (χ1n) is 9.26. The van der Waals surface area contributed by atoms with Crippen molar-refractivity contribution in [3.63, 3.8) is 0 Å². The summed E-state index contributed by atoms with van der Waals surface area (Å²) < 4.78 is 6.80. The molecule has 27 heavy (non-hydrogen) atoms. The number of thiophene rings is 1. The van der Waals surface area contributed by atoms with Crippen LogP contribution in [0.5, 0.6) is 0 Å². The van der Waals surface area contributed by atoms with E-state index >= 15 is 0 Å². The number of ether oxygens (including phenoxy) is 1. The Balaban J connectivity index is 1.60. The van der Waals surface area contributed by atoms with Crippen LogP contribution in [0.15, 0.2) is 41.5 Å². The molecule has 0 N–H and O–H groups in total. The van der Waals surface area contributed by atoms with Gasteiger partial charge >= 0.3 is 5.97 Å². The van der Waals surface area contributed by atoms with Crippen LogP contribution < -0.4 is 5.56 Å². The topological polar surface area (TPSA) is 61.2 Å². The molecule has 0 fully saturated rings. The van der Waals surface area contributed by atoms with Gasteiger partial charge in [-0.15, -0.1) is 11.3 Å². The van der Waals surface area contributed by atoms with Crippen molar-refractivity contribution in [1.82, 2.24) is 9.55 Å². The molecule has 1 aromatic carbocycles. The number of hydrogen-bond donors (Lipinski definition) is 0. The van der Waals surface area contributed by atoms with Gasteiger partial charge in [-0.3, -0.25) is 9.36 Å². The van der Waals surface area contributed by atoms with Crippen LogP contribution in [0.25, 0.3) is 10.2 Å². The van der Waals surface area contributed by atoms with Gasteiger partial charge in [0.25, 0.3) is 5.56 Å². The van der Waals surface area contributed by atoms with Crippen LogP contribution in [-0.2, 0) is 29.0 Å². The van der Waals surface area contributed by atoms with Crippen molar-refractivity contribution in [2.24, 2.45) is 5.92 Å². The predicted molar refractivity (Wildman–Crippen MR) is 106 cm³/mol. The lowest BCUT2D eigenvalue weighted by atomic mass is 9.89. The molecule has 0 unspecified atom stereocenters. The number of fused-ring (bicyclic) bond motifs is 3. The standard InChI is InChI=1S/C21H22N2O3S/c1-13-8-9-16-17(10-13)27-19-18(16)20(24)23(12-22-19)14(2)21(25)26-11-15-6-4-3-5-7-15/h3-7,12-14H,8-11H2,1-2H3/t13-,14-/m1/s1. The van der Waals surface area contributed by atoms with Gasteiger partial charge in [0.2, 0.25) is 0 Å². The maximum Gasteiger partial charge on any atom is 0.329 e. The van der Waals surface area contributed by atoms with Gasteiger partial charge in [0.15, 0.2) is 0 Å². The third-order valence-electron chi connectivity index (χ3n) is 5.22. The van der Waals surface area contributed by atoms with E-state index in [0.29, 0.717) is 11.3 Å². The molecule has 0 saturated carbocycles. The highest BCUT2D eigenvalue weighted by atomic mass is 32.1. The van der Waals surface area contributed by atoms with Crippen LogP contribution in [0.1, 0.15) is 42.3 Å². The van der Waals surface area contributed by atoms with Crippen LogP contribution in [0.3, 0.4) is 0 Å². The Morgan fingerprint density at radius 1 is 1.37 bits per heavy atom. The number of benzene rings is 1. The highest BCUT2D eigenvalue weighted by molar-refractivity contribution is 7.18. The predicted octanol–water partition coefficient (Wildman–Crippen LogP) is 3.89. The number of carbonyl (C=O) groups is 1. The molecule has 4 rings (SSSR count). The van der Waals surface area contributed by atoms with Gasteiger partial charge in [0.05, 0.1) is 11.7 Å². The molecule has 0 bridgehead atoms. The molecule has 6 heteroatoms. The lowest BCUT2D eigenvalue weighted by Gasteiger charge is -2.18. The Kier molecular flexibility index (Phi) is 4.83. The molecule has 0 amide bonds. The fraction of sp³-hybridized carbons (Fsp3) is 0.381. The molecule has 3 aromatic rings. The highest BCUT2D eigenvalue weighted by Gasteiger charge is 2.25. The second kappa shape index (κ2) is 7.27. The average Bonchev–Trinajstić information content (AvgIpc) is 3.05. The van der Waals surface area contributed by atoms with E-state index in [9.17, 15) is 9.59 Å². The van der Waals surface area contributed by atoms with E-state index in [-0.39, 0.29) is 12.2 Å². The first-order chi connectivity index (χ1) is 13.0. The summed E-state index contributed by atoms with van der Waals surface area (Å²) in [6.45, 7) is 4.12. The van der Waals surface area contributed by atoms with Crippen molar-refractivity contribution < 1.29 is 9.53 Å². The largest absolute Gasteiger partial charge is 0.459 e. The van der Waals surface area contributed by atoms with Gasteiger partial charge in [-0.1, -0.05) is 37.3 Å². The molecule has 0 spiro atoms. The molecule has 0 aliphatic heterocycles. The maximum atomic E-state index is 13.1. The molecule has 2 aromatic heterocycles. The summed E-state index contributed by atoms with van der Waals surface area (Å²) in [5, 5.41) is 0.687. The molecule has 1 aliphatic rings. The second-order valence-electron chi connectivity index (χ2n) is 7.26. The van der Waals surface area contributed by atoms with Gasteiger partial charge in [-0.25, -0.2) is 9.78 Å². The number of hydrogen-bond acceptors (Lipinski definition) is 5. The third-order valence-corrected chi connectivity index (χ3v) is 6.39. The zero-order chi connectivity index (χ0) is 19.0. The lowest BCUT2D eigenvalue weighted by molar-refractivity contribution is -0.148. The summed E-state index contributed by atoms with van der Waals surface area (Å²) in [6, 6.07) is 8.80. The van der Waals surface area contributed by atoms with E-state index in [1.165, 1.54) is 15.8 Å². The Labute approximate surface area is 161 Å². The van der Waals surface area contributed by atoms with Crippen molar-refractivity contribution >= 4 is 27.5 Å². The van der Waals surface area contributed by atoms with Crippen molar-refractivity contribution in [3.05, 3.63) is 63.0 Å². The minimum absolute atomic E-state index is 0.142. The van der Waals surface area contributed by atoms with E-state index in [4.69, 9.17) is 4.74 Å². The van der Waals surface area contributed by atoms with E-state index in [2.05, 4.69) is 11.9 Å². The monoisotopic (exact) mass is 382 g/mol. The van der Waals surface area contributed by atoms with Crippen molar-refractivity contribution in [2.75, 3.05) is 0 Å². The average molecular weight is 382 g/mol. The number of carbonyl (C=O) groups excluding carboxylic acids is 1. The molecule has 0 saturated heterocycles. The summed E-state index contributed by atoms with van der Waals surface area (Å²) in [6.07, 6.45) is 4.47. The van der Waals surface area contributed by atoms with Crippen molar-refractivity contribution in [1.29, 1.82) is 0 Å². The highest BCUT2D eigenvalue weighted by Crippen LogP contribution is 2.35. The number of nitrogens with zero attached hydrogens (tertiary/aromatic N) is 2. The van der Waals surface area contributed by atoms with E-state index in [1.807, 2.05) is 30.3 Å². The van der Waals surface area contributed by atoms with Crippen molar-refractivity contribution in [2.45, 2.75) is 45.8 Å². The fourth-order valence-corrected chi connectivity index (χ4v) is 4.92. The SMILES string of the molecule is C[C@@H]1CCc2c(sc3ncn([C@H](C)C(=O)OCc4ccccc4)c(=O)c23)C1. The van der Waals surface area contributed by atoms with Crippen LogP contribution in [0.2, 0.25) is 0 Å². The Morgan fingerprint density at radius 3 is 2.93 bits per heavy atom. The van der Waals surface area contributed by atoms with Crippen LogP contribution in [-0.4, -0.2) is 15.5 Å². The molecular weight excluding hydrogens is 360 g/mol. The summed E-state index contributed by atoms with van der Waals surface area (Å²) >= 11 is 1.61. The zero-order valence-corrected chi connectivity index (χ0v) is 16.3. The molecule has 2 heterocycles. The van der Waals surface area contributed by atoms with E-state index in [1.54, 1.807) is 18.3 Å². The maximum absolute atomic E-state index is 13.1. The van der Waals surface area contributed by atoms with E-state index in [0.717, 1.165) is 35.2 Å². The quantitative estimate of drug-likeness (QED) is 0.643. The van der Waals surface area contributed by atoms with Crippen LogP contribution >= 0.6 is 11.3 Å². The first kappa shape index (κ1) is 17.9. The van der Waals surface area contributed by atoms with Gasteiger partial charge in [-0.2, -0.15) is 0 Å². The number of esters is 1. The number of rotatable bonds is 4. The Bertz CT molecular complexity index is 1040. The minimum atomic E-state index is -0.712. The lowest BCUT2D eigenvalue weighted by Crippen LogP contribution is -2.29. The Hall–Kier alpha value is -2.47. The zero-order valence-electron chi connectivity index (χ0n) is 15.5. The molecule has 5 nitrogen and oxygen atoms in total. The molecular formula is C21H22N2O3S. The first-order valence-corrected chi connectivity index (χ1v) is 10.1. The van der Waals surface area contributed by atoms with Crippen LogP contribution in [0.4, 0.5) is 0 Å². The summed E-state index contributed by atoms with van der Waals surface area (Å²) in [5.74, 6) is 0.208. The summed E-state index contributed by atoms with van der Waals surface area (Å²) in [4.78, 5) is 32.1. The third kappa shape index (κ3) is 3.41. The molecule has 140 valence electrons. The number of aryl methyl sites for hydroxylation is 1. The fourth-order valence-electron chi connectivity index (χ4n) is 3.58. The Morgan fingerprint density at radius 2 is 2.15 bits per heavy atom. The summed E-state index contributed by atoms with van der Waals surface area (Å²) in [7, 11) is 0. The normalized spacial score (nSPS) is 17.5. The van der Waals surface area contributed by atoms with Gasteiger partial charge < -0.3 is 4.74 Å². The van der Waals surface area contributed by atoms with Gasteiger partial charge in [0, 0.05) is 4.88 Å². The van der Waals surface area contributed by atoms with Gasteiger partial charge in [-0.05, 0) is 43.2 Å². The van der Waals surface area contributed by atoms with Crippen molar-refractivity contribution in [3.8, 4) is 0 Å². The van der Waals surface area contributed by atoms with Crippen LogP contribution in [0, 0.1) is 5.92 Å². The van der Waals surface area contributed by atoms with E-state index < -0.39 is 12.0 Å². The van der Waals surface area contributed by atoms with Gasteiger partial charge in [0.1, 0.15) is 17.5 Å². The number of aromatic nitrogens is 2. The molecule has 1 aliphatic carbocycles. The minimum Gasteiger partial charge on any atom is -0.459 e. The summed E-state index contributed by atoms with van der Waals surface area (Å²) in [5.41, 5.74) is 1.90. The molecule has 2 atom stereocenters. The molecule has 0 radical (unpaired) electrons. The smallest absolute Gasteiger partial charge is 0.329 e.